The molecule has 0 amide bonds. The van der Waals surface area contributed by atoms with E-state index in [1.165, 1.54) is 93.1 Å². The fourth-order valence-electron chi connectivity index (χ4n) is 8.03. The van der Waals surface area contributed by atoms with Gasteiger partial charge < -0.3 is 24.8 Å². The van der Waals surface area contributed by atoms with Gasteiger partial charge in [0.25, 0.3) is 0 Å². The van der Waals surface area contributed by atoms with Crippen molar-refractivity contribution in [2.75, 3.05) is 0 Å². The van der Waals surface area contributed by atoms with Crippen LogP contribution < -0.4 is 24.8 Å². The molecule has 5 heteroatoms. The normalized spacial score (nSPS) is 12.8. The summed E-state index contributed by atoms with van der Waals surface area (Å²) in [5.41, 5.74) is 8.77. The zero-order valence-electron chi connectivity index (χ0n) is 37.3. The average Bonchev–Trinajstić information content (AvgIpc) is 3.84. The summed E-state index contributed by atoms with van der Waals surface area (Å²) in [6, 6.07) is 37.2. The molecular weight excluding hydrogens is 894 g/mol. The Labute approximate surface area is 397 Å². The van der Waals surface area contributed by atoms with E-state index in [1.807, 2.05) is 36.4 Å². The molecule has 0 unspecified atom stereocenters. The van der Waals surface area contributed by atoms with Crippen LogP contribution in [-0.4, -0.2) is 3.21 Å². The Balaban J connectivity index is 0.000000232. The van der Waals surface area contributed by atoms with Crippen molar-refractivity contribution in [1.29, 1.82) is 0 Å². The second-order valence-electron chi connectivity index (χ2n) is 19.8. The standard InChI is InChI=1S/C29H41.C21H12Cl2.C5H5.2ClH.Zr/c1-26(2,3)22-14-18-13-19-15-23(27(4,5)6)25(29(10,11)12)17-21(19)20(18)16-24(22)28(7,8)9;22-18-10-14-5-1-3-7-20(14)16(12-18)9-17-13-19(23)11-15-6-2-4-8-21(15)17;1-2-4-5-3-1;;;/h13-17H,1-12H3;1-8,10-13H;1-3H,4H2;2*1H;/q-1;;-1;;;+2/p-2. The van der Waals surface area contributed by atoms with Gasteiger partial charge in [-0.2, -0.15) is 6.08 Å². The first-order chi connectivity index (χ1) is 27.0. The second-order valence-corrected chi connectivity index (χ2v) is 21.9. The zero-order valence-corrected chi connectivity index (χ0v) is 42.7. The Bertz CT molecular complexity index is 2530. The van der Waals surface area contributed by atoms with Crippen LogP contribution in [0.5, 0.6) is 0 Å². The number of fused-ring (bicyclic) bond motifs is 5. The van der Waals surface area contributed by atoms with Crippen LogP contribution >= 0.6 is 23.2 Å². The molecule has 7 aromatic carbocycles. The molecule has 1 aliphatic carbocycles. The number of benzene rings is 6. The molecule has 0 nitrogen and oxygen atoms in total. The molecule has 312 valence electrons. The summed E-state index contributed by atoms with van der Waals surface area (Å²) < 4.78 is 1.26. The van der Waals surface area contributed by atoms with Crippen molar-refractivity contribution in [1.82, 2.24) is 0 Å². The van der Waals surface area contributed by atoms with Crippen molar-refractivity contribution in [3.63, 3.8) is 0 Å². The smallest absolute Gasteiger partial charge is 0.109 e. The third-order valence-electron chi connectivity index (χ3n) is 11.0. The van der Waals surface area contributed by atoms with Crippen molar-refractivity contribution in [3.05, 3.63) is 171 Å². The molecule has 0 aliphatic heterocycles. The molecule has 0 N–H and O–H groups in total. The zero-order chi connectivity index (χ0) is 42.4. The Morgan fingerprint density at radius 3 is 1.20 bits per heavy atom. The van der Waals surface area contributed by atoms with E-state index in [-0.39, 0.29) is 46.5 Å². The molecule has 0 aromatic heterocycles. The van der Waals surface area contributed by atoms with Gasteiger partial charge in [-0.3, -0.25) is 6.08 Å². The molecule has 0 heterocycles. The molecule has 0 fully saturated rings. The maximum Gasteiger partial charge on any atom is -0.109 e. The average molecular weight is 952 g/mol. The third-order valence-corrected chi connectivity index (χ3v) is 12.8. The van der Waals surface area contributed by atoms with Gasteiger partial charge in [-0.1, -0.05) is 117 Å². The molecule has 0 bridgehead atoms. The van der Waals surface area contributed by atoms with E-state index < -0.39 is 0 Å². The van der Waals surface area contributed by atoms with Gasteiger partial charge >= 0.3 is 166 Å². The van der Waals surface area contributed by atoms with Gasteiger partial charge in [0.05, 0.1) is 0 Å². The Kier molecular flexibility index (Phi) is 16.0. The molecule has 1 aliphatic rings. The molecule has 8 rings (SSSR count). The number of allylic oxidation sites excluding steroid dienone is 4. The minimum absolute atomic E-state index is 0. The van der Waals surface area contributed by atoms with Crippen molar-refractivity contribution in [2.45, 2.75) is 111 Å². The van der Waals surface area contributed by atoms with E-state index in [0.717, 1.165) is 27.2 Å². The number of halogens is 4. The summed E-state index contributed by atoms with van der Waals surface area (Å²) in [6.45, 7) is 28.0. The minimum Gasteiger partial charge on any atom is -1.00 e. The second kappa shape index (κ2) is 19.2. The Morgan fingerprint density at radius 1 is 0.517 bits per heavy atom. The van der Waals surface area contributed by atoms with Crippen molar-refractivity contribution in [3.8, 4) is 0 Å². The quantitative estimate of drug-likeness (QED) is 0.152. The van der Waals surface area contributed by atoms with Gasteiger partial charge in [0, 0.05) is 0 Å². The predicted octanol–water partition coefficient (Wildman–Crippen LogP) is 10.6. The Hall–Kier alpha value is -2.90. The van der Waals surface area contributed by atoms with Crippen LogP contribution in [-0.2, 0) is 45.9 Å². The number of hydrogen-bond acceptors (Lipinski definition) is 0. The first-order valence-electron chi connectivity index (χ1n) is 20.4. The van der Waals surface area contributed by atoms with Gasteiger partial charge in [-0.15, -0.1) is 46.2 Å². The van der Waals surface area contributed by atoms with Gasteiger partial charge in [0.2, 0.25) is 0 Å². The van der Waals surface area contributed by atoms with E-state index in [9.17, 15) is 0 Å². The summed E-state index contributed by atoms with van der Waals surface area (Å²) in [6.07, 6.45) is 10.0. The molecule has 0 saturated carbocycles. The summed E-state index contributed by atoms with van der Waals surface area (Å²) in [5, 5.41) is 11.8. The minimum atomic E-state index is 0. The van der Waals surface area contributed by atoms with Gasteiger partial charge in [0.15, 0.2) is 0 Å². The molecule has 0 radical (unpaired) electrons. The first-order valence-corrected chi connectivity index (χ1v) is 22.4. The van der Waals surface area contributed by atoms with Gasteiger partial charge in [-0.25, -0.2) is 12.2 Å². The van der Waals surface area contributed by atoms with Crippen LogP contribution in [0.1, 0.15) is 123 Å². The molecule has 7 aromatic rings. The van der Waals surface area contributed by atoms with Crippen LogP contribution in [0.4, 0.5) is 0 Å². The third kappa shape index (κ3) is 11.2. The fourth-order valence-corrected chi connectivity index (χ4v) is 9.50. The monoisotopic (exact) mass is 948 g/mol. The van der Waals surface area contributed by atoms with Crippen LogP contribution in [0.15, 0.2) is 121 Å². The summed E-state index contributed by atoms with van der Waals surface area (Å²) in [5.74, 6) is 0. The number of hydrogen-bond donors (Lipinski definition) is 0. The first kappa shape index (κ1) is 49.8. The van der Waals surface area contributed by atoms with Crippen molar-refractivity contribution >= 4 is 69.5 Å². The van der Waals surface area contributed by atoms with E-state index in [2.05, 4.69) is 174 Å². The largest absolute Gasteiger partial charge is 1.00 e. The van der Waals surface area contributed by atoms with Crippen LogP contribution in [0, 0.1) is 6.08 Å². The SMILES string of the molecule is CC(C)(C)c1cc2[cH-]c3cc(C(C)(C)C)c(C(C)(C)C)cc3c2cc1C(C)(C)C.Clc1cc([C](=[Zr+2])c2cc(Cl)cc3ccccc23)c2ccccc2c1.[C-]1=CC=CC1.[Cl-].[Cl-]. The molecular formula is C55H58Cl4Zr-2. The summed E-state index contributed by atoms with van der Waals surface area (Å²) in [4.78, 5) is 0. The van der Waals surface area contributed by atoms with Crippen molar-refractivity contribution < 1.29 is 49.0 Å². The molecule has 0 atom stereocenters. The Morgan fingerprint density at radius 2 is 0.883 bits per heavy atom. The maximum atomic E-state index is 6.38. The van der Waals surface area contributed by atoms with Crippen LogP contribution in [0.25, 0.3) is 43.1 Å². The molecule has 60 heavy (non-hydrogen) atoms. The van der Waals surface area contributed by atoms with Gasteiger partial charge in [-0.05, 0) is 21.7 Å². The molecule has 0 spiro atoms. The van der Waals surface area contributed by atoms with Crippen LogP contribution in [0.2, 0.25) is 10.0 Å². The van der Waals surface area contributed by atoms with Crippen molar-refractivity contribution in [2.24, 2.45) is 0 Å². The maximum absolute atomic E-state index is 6.38. The van der Waals surface area contributed by atoms with E-state index in [4.69, 9.17) is 23.2 Å². The summed E-state index contributed by atoms with van der Waals surface area (Å²) in [7, 11) is 0. The van der Waals surface area contributed by atoms with Gasteiger partial charge in [0.1, 0.15) is 0 Å². The number of rotatable bonds is 2. The topological polar surface area (TPSA) is 0 Å². The fraction of sp³-hybridized carbons (Fsp3) is 0.309. The van der Waals surface area contributed by atoms with Crippen LogP contribution in [0.3, 0.4) is 0 Å². The summed E-state index contributed by atoms with van der Waals surface area (Å²) >= 11 is 14.1. The predicted molar refractivity (Wildman–Crippen MR) is 255 cm³/mol. The molecule has 0 saturated heterocycles. The van der Waals surface area contributed by atoms with E-state index in [0.29, 0.717) is 0 Å². The van der Waals surface area contributed by atoms with E-state index >= 15 is 0 Å². The van der Waals surface area contributed by atoms with E-state index in [1.54, 1.807) is 0 Å².